The van der Waals surface area contributed by atoms with E-state index in [0.717, 1.165) is 11.1 Å². The Morgan fingerprint density at radius 1 is 1.10 bits per heavy atom. The summed E-state index contributed by atoms with van der Waals surface area (Å²) in [6, 6.07) is 13.0. The van der Waals surface area contributed by atoms with E-state index >= 15 is 0 Å². The summed E-state index contributed by atoms with van der Waals surface area (Å²) in [6.07, 6.45) is -1.19. The number of aryl methyl sites for hydroxylation is 2. The van der Waals surface area contributed by atoms with Crippen LogP contribution < -0.4 is 16.0 Å². The predicted molar refractivity (Wildman–Crippen MR) is 110 cm³/mol. The Kier molecular flexibility index (Phi) is 6.46. The number of hydrogen-bond acceptors (Lipinski definition) is 5. The normalized spacial score (nSPS) is 16.4. The molecule has 1 aliphatic rings. The van der Waals surface area contributed by atoms with Crippen molar-refractivity contribution in [3.63, 3.8) is 0 Å². The van der Waals surface area contributed by atoms with Gasteiger partial charge < -0.3 is 15.4 Å². The Hall–Kier alpha value is -3.68. The fourth-order valence-electron chi connectivity index (χ4n) is 3.08. The highest BCUT2D eigenvalue weighted by Crippen LogP contribution is 2.23. The number of anilines is 1. The number of benzene rings is 2. The summed E-state index contributed by atoms with van der Waals surface area (Å²) in [5.41, 5.74) is 3.04. The van der Waals surface area contributed by atoms with E-state index in [1.165, 1.54) is 0 Å². The lowest BCUT2D eigenvalue weighted by atomic mass is 10.1. The Balaban J connectivity index is 1.70. The van der Waals surface area contributed by atoms with Crippen LogP contribution in [0, 0.1) is 13.8 Å². The first kappa shape index (κ1) is 21.0. The first-order valence-electron chi connectivity index (χ1n) is 9.57. The molecule has 30 heavy (non-hydrogen) atoms. The van der Waals surface area contributed by atoms with E-state index in [1.807, 2.05) is 32.0 Å². The van der Waals surface area contributed by atoms with E-state index in [0.29, 0.717) is 11.3 Å². The van der Waals surface area contributed by atoms with Crippen LogP contribution >= 0.6 is 0 Å². The zero-order chi connectivity index (χ0) is 21.7. The van der Waals surface area contributed by atoms with Crippen molar-refractivity contribution < 1.29 is 23.9 Å². The topological polar surface area (TPSA) is 114 Å². The Morgan fingerprint density at radius 2 is 1.83 bits per heavy atom. The molecular weight excluding hydrogens is 386 g/mol. The van der Waals surface area contributed by atoms with E-state index in [9.17, 15) is 19.2 Å². The highest BCUT2D eigenvalue weighted by atomic mass is 16.5. The molecule has 0 unspecified atom stereocenters. The SMILES string of the molecule is Cc1ccc(C)c(NC(=O)[C@H](OC(=O)CC[C@@H]2NC(=O)NC2=O)c2ccccc2)c1. The van der Waals surface area contributed by atoms with Crippen LogP contribution in [0.15, 0.2) is 48.5 Å². The van der Waals surface area contributed by atoms with Gasteiger partial charge in [0, 0.05) is 17.7 Å². The number of urea groups is 1. The minimum Gasteiger partial charge on any atom is -0.447 e. The van der Waals surface area contributed by atoms with Crippen LogP contribution in [-0.2, 0) is 19.1 Å². The molecule has 1 heterocycles. The van der Waals surface area contributed by atoms with Gasteiger partial charge in [-0.3, -0.25) is 19.7 Å². The summed E-state index contributed by atoms with van der Waals surface area (Å²) >= 11 is 0. The highest BCUT2D eigenvalue weighted by molar-refractivity contribution is 6.04. The molecule has 1 fully saturated rings. The van der Waals surface area contributed by atoms with E-state index in [4.69, 9.17) is 4.74 Å². The van der Waals surface area contributed by atoms with Gasteiger partial charge in [0.1, 0.15) is 6.04 Å². The molecule has 156 valence electrons. The third-order valence-corrected chi connectivity index (χ3v) is 4.74. The second-order valence-corrected chi connectivity index (χ2v) is 7.14. The van der Waals surface area contributed by atoms with Gasteiger partial charge >= 0.3 is 12.0 Å². The number of nitrogens with one attached hydrogen (secondary N) is 3. The highest BCUT2D eigenvalue weighted by Gasteiger charge is 2.31. The summed E-state index contributed by atoms with van der Waals surface area (Å²) in [6.45, 7) is 3.79. The Labute approximate surface area is 174 Å². The maximum absolute atomic E-state index is 13.0. The zero-order valence-electron chi connectivity index (χ0n) is 16.7. The van der Waals surface area contributed by atoms with Crippen molar-refractivity contribution in [2.75, 3.05) is 5.32 Å². The van der Waals surface area contributed by atoms with E-state index in [-0.39, 0.29) is 12.8 Å². The lowest BCUT2D eigenvalue weighted by molar-refractivity contribution is -0.155. The lowest BCUT2D eigenvalue weighted by Gasteiger charge is -2.19. The molecule has 8 heteroatoms. The summed E-state index contributed by atoms with van der Waals surface area (Å²) in [5.74, 6) is -1.61. The molecule has 1 saturated heterocycles. The van der Waals surface area contributed by atoms with Crippen molar-refractivity contribution in [2.45, 2.75) is 38.8 Å². The molecule has 0 saturated carbocycles. The zero-order valence-corrected chi connectivity index (χ0v) is 16.7. The first-order valence-corrected chi connectivity index (χ1v) is 9.57. The number of imide groups is 1. The maximum atomic E-state index is 13.0. The number of carbonyl (C=O) groups is 4. The standard InChI is InChI=1S/C22H23N3O5/c1-13-8-9-14(2)17(12-13)23-21(28)19(15-6-4-3-5-7-15)30-18(26)11-10-16-20(27)25-22(29)24-16/h3-9,12,16,19H,10-11H2,1-2H3,(H,23,28)(H2,24,25,27,29)/t16-,19+/m0/s1. The average molecular weight is 409 g/mol. The molecular formula is C22H23N3O5. The molecule has 1 aliphatic heterocycles. The van der Waals surface area contributed by atoms with E-state index < -0.39 is 36.0 Å². The van der Waals surface area contributed by atoms with Crippen molar-refractivity contribution >= 4 is 29.5 Å². The maximum Gasteiger partial charge on any atom is 0.322 e. The van der Waals surface area contributed by atoms with Gasteiger partial charge in [-0.2, -0.15) is 0 Å². The summed E-state index contributed by atoms with van der Waals surface area (Å²) in [5, 5.41) is 7.36. The number of amides is 4. The van der Waals surface area contributed by atoms with Crippen LogP contribution in [0.2, 0.25) is 0 Å². The van der Waals surface area contributed by atoms with Gasteiger partial charge in [-0.25, -0.2) is 4.79 Å². The molecule has 2 aromatic carbocycles. The predicted octanol–water partition coefficient (Wildman–Crippen LogP) is 2.51. The number of esters is 1. The summed E-state index contributed by atoms with van der Waals surface area (Å²) in [4.78, 5) is 48.1. The molecule has 2 atom stereocenters. The smallest absolute Gasteiger partial charge is 0.322 e. The molecule has 0 bridgehead atoms. The third kappa shape index (κ3) is 5.22. The Bertz CT molecular complexity index is 974. The van der Waals surface area contributed by atoms with Crippen molar-refractivity contribution in [2.24, 2.45) is 0 Å². The van der Waals surface area contributed by atoms with Crippen LogP contribution in [0.5, 0.6) is 0 Å². The first-order chi connectivity index (χ1) is 14.3. The lowest BCUT2D eigenvalue weighted by Crippen LogP contribution is -2.30. The number of hydrogen-bond donors (Lipinski definition) is 3. The van der Waals surface area contributed by atoms with Crippen LogP contribution in [0.3, 0.4) is 0 Å². The fraction of sp³-hybridized carbons (Fsp3) is 0.273. The molecule has 0 radical (unpaired) electrons. The van der Waals surface area contributed by atoms with Gasteiger partial charge in [-0.1, -0.05) is 42.5 Å². The average Bonchev–Trinajstić information content (AvgIpc) is 3.05. The Morgan fingerprint density at radius 3 is 2.50 bits per heavy atom. The van der Waals surface area contributed by atoms with Gasteiger partial charge in [-0.15, -0.1) is 0 Å². The second kappa shape index (κ2) is 9.21. The molecule has 3 N–H and O–H groups in total. The van der Waals surface area contributed by atoms with Crippen molar-refractivity contribution in [3.8, 4) is 0 Å². The fourth-order valence-corrected chi connectivity index (χ4v) is 3.08. The van der Waals surface area contributed by atoms with E-state index in [2.05, 4.69) is 16.0 Å². The van der Waals surface area contributed by atoms with Gasteiger partial charge in [-0.05, 0) is 37.5 Å². The van der Waals surface area contributed by atoms with Gasteiger partial charge in [0.15, 0.2) is 0 Å². The second-order valence-electron chi connectivity index (χ2n) is 7.14. The molecule has 0 spiro atoms. The molecule has 0 aliphatic carbocycles. The van der Waals surface area contributed by atoms with Crippen molar-refractivity contribution in [1.82, 2.24) is 10.6 Å². The molecule has 2 aromatic rings. The largest absolute Gasteiger partial charge is 0.447 e. The summed E-state index contributed by atoms with van der Waals surface area (Å²) < 4.78 is 5.47. The van der Waals surface area contributed by atoms with Gasteiger partial charge in [0.05, 0.1) is 0 Å². The van der Waals surface area contributed by atoms with Crippen LogP contribution in [0.25, 0.3) is 0 Å². The minimum atomic E-state index is -1.15. The number of carbonyl (C=O) groups excluding carboxylic acids is 4. The van der Waals surface area contributed by atoms with Crippen LogP contribution in [-0.4, -0.2) is 29.9 Å². The van der Waals surface area contributed by atoms with E-state index in [1.54, 1.807) is 30.3 Å². The van der Waals surface area contributed by atoms with Crippen molar-refractivity contribution in [1.29, 1.82) is 0 Å². The quantitative estimate of drug-likeness (QED) is 0.480. The van der Waals surface area contributed by atoms with Gasteiger partial charge in [0.25, 0.3) is 11.8 Å². The molecule has 3 rings (SSSR count). The number of ether oxygens (including phenoxy) is 1. The number of rotatable bonds is 7. The van der Waals surface area contributed by atoms with Crippen molar-refractivity contribution in [3.05, 3.63) is 65.2 Å². The van der Waals surface area contributed by atoms with Gasteiger partial charge in [0.2, 0.25) is 6.10 Å². The van der Waals surface area contributed by atoms with Crippen LogP contribution in [0.4, 0.5) is 10.5 Å². The monoisotopic (exact) mass is 409 g/mol. The summed E-state index contributed by atoms with van der Waals surface area (Å²) in [7, 11) is 0. The molecule has 4 amide bonds. The molecule has 0 aromatic heterocycles. The molecule has 8 nitrogen and oxygen atoms in total. The minimum absolute atomic E-state index is 0.0799. The van der Waals surface area contributed by atoms with Crippen LogP contribution in [0.1, 0.15) is 35.6 Å². The third-order valence-electron chi connectivity index (χ3n) is 4.74.